The zero-order chi connectivity index (χ0) is 19.3. The van der Waals surface area contributed by atoms with E-state index in [1.165, 1.54) is 6.08 Å². The van der Waals surface area contributed by atoms with E-state index in [1.807, 2.05) is 32.9 Å². The average Bonchev–Trinajstić information content (AvgIpc) is 2.65. The Bertz CT molecular complexity index is 812. The smallest absolute Gasteiger partial charge is 0.336 e. The Balaban J connectivity index is 2.25. The van der Waals surface area contributed by atoms with Crippen molar-refractivity contribution in [3.8, 4) is 23.0 Å². The maximum atomic E-state index is 12.2. The lowest BCUT2D eigenvalue weighted by Gasteiger charge is -2.13. The van der Waals surface area contributed by atoms with Crippen molar-refractivity contribution in [1.82, 2.24) is 0 Å². The van der Waals surface area contributed by atoms with Gasteiger partial charge < -0.3 is 18.9 Å². The lowest BCUT2D eigenvalue weighted by Crippen LogP contribution is -2.07. The summed E-state index contributed by atoms with van der Waals surface area (Å²) in [6, 6.07) is 7.46. The Morgan fingerprint density at radius 1 is 0.846 bits per heavy atom. The van der Waals surface area contributed by atoms with E-state index in [0.29, 0.717) is 23.0 Å². The number of methoxy groups -OCH3 is 3. The summed E-state index contributed by atoms with van der Waals surface area (Å²) in [6.07, 6.45) is 3.02. The number of carbonyl (C=O) groups excluding carboxylic acids is 1. The van der Waals surface area contributed by atoms with Gasteiger partial charge in [-0.2, -0.15) is 0 Å². The van der Waals surface area contributed by atoms with Crippen LogP contribution in [-0.4, -0.2) is 27.3 Å². The van der Waals surface area contributed by atoms with Crippen molar-refractivity contribution in [1.29, 1.82) is 0 Å². The molecule has 0 aliphatic heterocycles. The Morgan fingerprint density at radius 2 is 1.42 bits per heavy atom. The second-order valence-electron chi connectivity index (χ2n) is 5.87. The molecule has 2 aromatic carbocycles. The fourth-order valence-electron chi connectivity index (χ4n) is 2.58. The Hall–Kier alpha value is -2.95. The highest BCUT2D eigenvalue weighted by molar-refractivity contribution is 5.89. The SMILES string of the molecule is COc1cc(/C=C/C(=O)Oc2c(C)ccc(C)c2C)cc(OC)c1OC. The van der Waals surface area contributed by atoms with E-state index in [-0.39, 0.29) is 0 Å². The molecule has 0 aliphatic rings. The Kier molecular flexibility index (Phi) is 6.28. The van der Waals surface area contributed by atoms with Crippen LogP contribution in [0.4, 0.5) is 0 Å². The van der Waals surface area contributed by atoms with E-state index >= 15 is 0 Å². The van der Waals surface area contributed by atoms with Crippen molar-refractivity contribution in [3.63, 3.8) is 0 Å². The van der Waals surface area contributed by atoms with Gasteiger partial charge in [0.1, 0.15) is 5.75 Å². The van der Waals surface area contributed by atoms with Crippen molar-refractivity contribution in [2.24, 2.45) is 0 Å². The molecule has 0 amide bonds. The van der Waals surface area contributed by atoms with Crippen molar-refractivity contribution in [2.75, 3.05) is 21.3 Å². The van der Waals surface area contributed by atoms with E-state index in [9.17, 15) is 4.79 Å². The lowest BCUT2D eigenvalue weighted by molar-refractivity contribution is -0.129. The summed E-state index contributed by atoms with van der Waals surface area (Å²) >= 11 is 0. The minimum absolute atomic E-state index is 0.449. The van der Waals surface area contributed by atoms with Gasteiger partial charge in [0.15, 0.2) is 11.5 Å². The molecule has 2 aromatic rings. The molecule has 0 bridgehead atoms. The normalized spacial score (nSPS) is 10.7. The van der Waals surface area contributed by atoms with Gasteiger partial charge in [0.2, 0.25) is 5.75 Å². The summed E-state index contributed by atoms with van der Waals surface area (Å²) in [4.78, 5) is 12.2. The van der Waals surface area contributed by atoms with E-state index in [4.69, 9.17) is 18.9 Å². The molecule has 0 radical (unpaired) electrons. The molecule has 0 unspecified atom stereocenters. The largest absolute Gasteiger partial charge is 0.493 e. The maximum absolute atomic E-state index is 12.2. The molecule has 0 aromatic heterocycles. The second kappa shape index (κ2) is 8.43. The van der Waals surface area contributed by atoms with Crippen LogP contribution < -0.4 is 18.9 Å². The van der Waals surface area contributed by atoms with Crippen LogP contribution in [0.2, 0.25) is 0 Å². The number of aryl methyl sites for hydroxylation is 2. The van der Waals surface area contributed by atoms with Gasteiger partial charge in [-0.1, -0.05) is 12.1 Å². The molecule has 0 saturated heterocycles. The zero-order valence-corrected chi connectivity index (χ0v) is 16.0. The first-order chi connectivity index (χ1) is 12.4. The number of rotatable bonds is 6. The molecule has 2 rings (SSSR count). The van der Waals surface area contributed by atoms with E-state index in [1.54, 1.807) is 39.5 Å². The van der Waals surface area contributed by atoms with Crippen LogP contribution >= 0.6 is 0 Å². The number of ether oxygens (including phenoxy) is 4. The first-order valence-corrected chi connectivity index (χ1v) is 8.18. The third-order valence-corrected chi connectivity index (χ3v) is 4.18. The van der Waals surface area contributed by atoms with Crippen LogP contribution in [-0.2, 0) is 4.79 Å². The van der Waals surface area contributed by atoms with Gasteiger partial charge in [-0.3, -0.25) is 0 Å². The molecular weight excluding hydrogens is 332 g/mol. The van der Waals surface area contributed by atoms with E-state index in [2.05, 4.69) is 0 Å². The van der Waals surface area contributed by atoms with Crippen LogP contribution in [0.25, 0.3) is 6.08 Å². The fraction of sp³-hybridized carbons (Fsp3) is 0.286. The Labute approximate surface area is 154 Å². The second-order valence-corrected chi connectivity index (χ2v) is 5.87. The van der Waals surface area contributed by atoms with Gasteiger partial charge in [-0.05, 0) is 61.2 Å². The first-order valence-electron chi connectivity index (χ1n) is 8.18. The molecule has 5 heteroatoms. The Morgan fingerprint density at radius 3 is 1.96 bits per heavy atom. The molecule has 0 fully saturated rings. The highest BCUT2D eigenvalue weighted by Gasteiger charge is 2.13. The van der Waals surface area contributed by atoms with Gasteiger partial charge in [-0.15, -0.1) is 0 Å². The molecule has 0 atom stereocenters. The van der Waals surface area contributed by atoms with Gasteiger partial charge in [-0.25, -0.2) is 4.79 Å². The summed E-state index contributed by atoms with van der Waals surface area (Å²) in [7, 11) is 4.63. The molecule has 0 heterocycles. The van der Waals surface area contributed by atoms with Crippen molar-refractivity contribution in [2.45, 2.75) is 20.8 Å². The number of carbonyl (C=O) groups is 1. The number of benzene rings is 2. The summed E-state index contributed by atoms with van der Waals surface area (Å²) < 4.78 is 21.4. The molecule has 0 aliphatic carbocycles. The van der Waals surface area contributed by atoms with Gasteiger partial charge in [0, 0.05) is 6.08 Å². The predicted molar refractivity (Wildman–Crippen MR) is 101 cm³/mol. The van der Waals surface area contributed by atoms with Crippen LogP contribution in [0.1, 0.15) is 22.3 Å². The van der Waals surface area contributed by atoms with E-state index < -0.39 is 5.97 Å². The quantitative estimate of drug-likeness (QED) is 0.440. The summed E-state index contributed by atoms with van der Waals surface area (Å²) in [5.41, 5.74) is 3.68. The van der Waals surface area contributed by atoms with Crippen LogP contribution in [0, 0.1) is 20.8 Å². The minimum atomic E-state index is -0.449. The molecule has 0 N–H and O–H groups in total. The molecule has 26 heavy (non-hydrogen) atoms. The number of esters is 1. The predicted octanol–water partition coefficient (Wildman–Crippen LogP) is 4.26. The standard InChI is InChI=1S/C21H24O5/c1-13-7-8-14(2)20(15(13)3)26-19(22)10-9-16-11-17(23-4)21(25-6)18(12-16)24-5/h7-12H,1-6H3/b10-9+. The van der Waals surface area contributed by atoms with Crippen molar-refractivity contribution in [3.05, 3.63) is 52.6 Å². The lowest BCUT2D eigenvalue weighted by atomic mass is 10.1. The minimum Gasteiger partial charge on any atom is -0.493 e. The monoisotopic (exact) mass is 356 g/mol. The van der Waals surface area contributed by atoms with Crippen molar-refractivity contribution < 1.29 is 23.7 Å². The maximum Gasteiger partial charge on any atom is 0.336 e. The third-order valence-electron chi connectivity index (χ3n) is 4.18. The zero-order valence-electron chi connectivity index (χ0n) is 16.0. The average molecular weight is 356 g/mol. The van der Waals surface area contributed by atoms with Crippen LogP contribution in [0.3, 0.4) is 0 Å². The number of hydrogen-bond acceptors (Lipinski definition) is 5. The summed E-state index contributed by atoms with van der Waals surface area (Å²) in [6.45, 7) is 5.84. The van der Waals surface area contributed by atoms with Gasteiger partial charge >= 0.3 is 5.97 Å². The molecule has 0 saturated carbocycles. The topological polar surface area (TPSA) is 54.0 Å². The molecular formula is C21H24O5. The summed E-state index contributed by atoms with van der Waals surface area (Å²) in [5, 5.41) is 0. The number of hydrogen-bond donors (Lipinski definition) is 0. The highest BCUT2D eigenvalue weighted by Crippen LogP contribution is 2.38. The van der Waals surface area contributed by atoms with Crippen molar-refractivity contribution >= 4 is 12.0 Å². The van der Waals surface area contributed by atoms with Crippen LogP contribution in [0.15, 0.2) is 30.3 Å². The van der Waals surface area contributed by atoms with Crippen LogP contribution in [0.5, 0.6) is 23.0 Å². The van der Waals surface area contributed by atoms with Gasteiger partial charge in [0.25, 0.3) is 0 Å². The molecule has 138 valence electrons. The third kappa shape index (κ3) is 4.17. The van der Waals surface area contributed by atoms with E-state index in [0.717, 1.165) is 22.3 Å². The first kappa shape index (κ1) is 19.4. The fourth-order valence-corrected chi connectivity index (χ4v) is 2.58. The molecule has 5 nitrogen and oxygen atoms in total. The highest BCUT2D eigenvalue weighted by atomic mass is 16.5. The summed E-state index contributed by atoms with van der Waals surface area (Å²) in [5.74, 6) is 1.69. The molecule has 0 spiro atoms. The van der Waals surface area contributed by atoms with Gasteiger partial charge in [0.05, 0.1) is 21.3 Å².